The van der Waals surface area contributed by atoms with Crippen molar-refractivity contribution < 1.29 is 4.74 Å². The fraction of sp³-hybridized carbons (Fsp3) is 1.00. The smallest absolute Gasteiger partial charge is 0.0694 e. The molecule has 2 heteroatoms. The largest absolute Gasteiger partial charge is 0.375 e. The highest BCUT2D eigenvalue weighted by Crippen LogP contribution is 2.39. The van der Waals surface area contributed by atoms with Crippen molar-refractivity contribution in [3.8, 4) is 0 Å². The lowest BCUT2D eigenvalue weighted by Gasteiger charge is -2.42. The molecule has 0 atom stereocenters. The number of hydrogen-bond acceptors (Lipinski definition) is 2. The van der Waals surface area contributed by atoms with Crippen LogP contribution in [0.5, 0.6) is 0 Å². The third kappa shape index (κ3) is 3.21. The Morgan fingerprint density at radius 3 is 2.50 bits per heavy atom. The van der Waals surface area contributed by atoms with Crippen LogP contribution in [0.15, 0.2) is 0 Å². The molecule has 0 bridgehead atoms. The van der Waals surface area contributed by atoms with E-state index in [1.807, 2.05) is 0 Å². The molecule has 2 rings (SSSR count). The maximum absolute atomic E-state index is 6.26. The molecule has 2 aliphatic rings. The summed E-state index contributed by atoms with van der Waals surface area (Å²) in [7, 11) is 0. The predicted octanol–water partition coefficient (Wildman–Crippen LogP) is 3.12. The van der Waals surface area contributed by atoms with Crippen molar-refractivity contribution in [3.05, 3.63) is 0 Å². The van der Waals surface area contributed by atoms with Crippen LogP contribution < -0.4 is 5.32 Å². The zero-order chi connectivity index (χ0) is 11.3. The lowest BCUT2D eigenvalue weighted by Crippen LogP contribution is -2.43. The topological polar surface area (TPSA) is 21.3 Å². The van der Waals surface area contributed by atoms with E-state index in [-0.39, 0.29) is 5.60 Å². The van der Waals surface area contributed by atoms with Crippen LogP contribution in [0.2, 0.25) is 0 Å². The summed E-state index contributed by atoms with van der Waals surface area (Å²) in [6.45, 7) is 5.42. The molecule has 0 saturated heterocycles. The van der Waals surface area contributed by atoms with Crippen LogP contribution in [0.3, 0.4) is 0 Å². The van der Waals surface area contributed by atoms with Crippen LogP contribution in [0.1, 0.15) is 58.3 Å². The van der Waals surface area contributed by atoms with Gasteiger partial charge in [0.25, 0.3) is 0 Å². The van der Waals surface area contributed by atoms with Gasteiger partial charge in [0.2, 0.25) is 0 Å². The van der Waals surface area contributed by atoms with Crippen molar-refractivity contribution in [1.29, 1.82) is 0 Å². The van der Waals surface area contributed by atoms with E-state index in [1.165, 1.54) is 51.4 Å². The van der Waals surface area contributed by atoms with Gasteiger partial charge in [-0.2, -0.15) is 0 Å². The molecule has 0 amide bonds. The molecule has 1 N–H and O–H groups in total. The molecule has 0 radical (unpaired) electrons. The van der Waals surface area contributed by atoms with Gasteiger partial charge in [-0.25, -0.2) is 0 Å². The second-order valence-electron chi connectivity index (χ2n) is 5.60. The van der Waals surface area contributed by atoms with Crippen LogP contribution >= 0.6 is 0 Å². The van der Waals surface area contributed by atoms with Crippen LogP contribution in [-0.2, 0) is 4.74 Å². The van der Waals surface area contributed by atoms with Crippen molar-refractivity contribution >= 4 is 0 Å². The van der Waals surface area contributed by atoms with E-state index >= 15 is 0 Å². The van der Waals surface area contributed by atoms with E-state index in [2.05, 4.69) is 12.2 Å². The molecule has 0 spiro atoms. The Labute approximate surface area is 100 Å². The molecule has 0 aliphatic heterocycles. The first-order chi connectivity index (χ1) is 7.85. The fourth-order valence-corrected chi connectivity index (χ4v) is 3.00. The van der Waals surface area contributed by atoms with Gasteiger partial charge in [-0.05, 0) is 57.5 Å². The van der Waals surface area contributed by atoms with Crippen molar-refractivity contribution in [2.24, 2.45) is 5.92 Å². The summed E-state index contributed by atoms with van der Waals surface area (Å²) in [5, 5.41) is 3.42. The summed E-state index contributed by atoms with van der Waals surface area (Å²) in [6.07, 6.45) is 10.9. The van der Waals surface area contributed by atoms with Crippen LogP contribution in [-0.4, -0.2) is 25.3 Å². The van der Waals surface area contributed by atoms with Crippen molar-refractivity contribution in [3.63, 3.8) is 0 Å². The summed E-state index contributed by atoms with van der Waals surface area (Å²) < 4.78 is 6.26. The van der Waals surface area contributed by atoms with E-state index in [1.54, 1.807) is 0 Å². The maximum atomic E-state index is 6.26. The summed E-state index contributed by atoms with van der Waals surface area (Å²) in [5.41, 5.74) is 0.269. The van der Waals surface area contributed by atoms with Gasteiger partial charge in [-0.15, -0.1) is 0 Å². The van der Waals surface area contributed by atoms with Gasteiger partial charge >= 0.3 is 0 Å². The Balaban J connectivity index is 1.67. The van der Waals surface area contributed by atoms with Crippen LogP contribution in [0.25, 0.3) is 0 Å². The number of hydrogen-bond donors (Lipinski definition) is 1. The number of rotatable bonds is 7. The van der Waals surface area contributed by atoms with E-state index in [9.17, 15) is 0 Å². The lowest BCUT2D eigenvalue weighted by atomic mass is 9.77. The molecule has 2 fully saturated rings. The molecule has 94 valence electrons. The summed E-state index contributed by atoms with van der Waals surface area (Å²) in [6, 6.07) is 0. The average molecular weight is 225 g/mol. The Kier molecular flexibility index (Phi) is 4.66. The third-order valence-corrected chi connectivity index (χ3v) is 4.37. The Morgan fingerprint density at radius 2 is 1.94 bits per heavy atom. The first-order valence-corrected chi connectivity index (χ1v) is 7.19. The Bertz CT molecular complexity index is 195. The molecule has 0 heterocycles. The quantitative estimate of drug-likeness (QED) is 0.672. The average Bonchev–Trinajstić information content (AvgIpc) is 2.73. The maximum Gasteiger partial charge on any atom is 0.0694 e. The molecule has 0 aromatic carbocycles. The Hall–Kier alpha value is -0.0800. The van der Waals surface area contributed by atoms with Crippen LogP contribution in [0.4, 0.5) is 0 Å². The van der Waals surface area contributed by atoms with Gasteiger partial charge in [-0.1, -0.05) is 19.8 Å². The monoisotopic (exact) mass is 225 g/mol. The zero-order valence-corrected chi connectivity index (χ0v) is 10.8. The molecular formula is C14H27NO. The van der Waals surface area contributed by atoms with Gasteiger partial charge < -0.3 is 10.1 Å². The second kappa shape index (κ2) is 6.02. The first-order valence-electron chi connectivity index (χ1n) is 7.19. The van der Waals surface area contributed by atoms with Crippen molar-refractivity contribution in [1.82, 2.24) is 5.32 Å². The summed E-state index contributed by atoms with van der Waals surface area (Å²) in [5.74, 6) is 0.872. The fourth-order valence-electron chi connectivity index (χ4n) is 3.00. The normalized spacial score (nSPS) is 24.6. The van der Waals surface area contributed by atoms with Crippen LogP contribution in [0, 0.1) is 5.92 Å². The third-order valence-electron chi connectivity index (χ3n) is 4.37. The van der Waals surface area contributed by atoms with Gasteiger partial charge in [0.15, 0.2) is 0 Å². The standard InChI is InChI=1S/C14H27NO/c1-2-15-11-10-14(8-5-9-14)16-12-13-6-3-4-7-13/h13,15H,2-12H2,1H3. The molecule has 16 heavy (non-hydrogen) atoms. The van der Waals surface area contributed by atoms with Crippen molar-refractivity contribution in [2.75, 3.05) is 19.7 Å². The van der Waals surface area contributed by atoms with E-state index in [4.69, 9.17) is 4.74 Å². The Morgan fingerprint density at radius 1 is 1.19 bits per heavy atom. The summed E-state index contributed by atoms with van der Waals surface area (Å²) >= 11 is 0. The molecule has 2 aliphatic carbocycles. The predicted molar refractivity (Wildman–Crippen MR) is 67.7 cm³/mol. The molecule has 0 unspecified atom stereocenters. The minimum atomic E-state index is 0.269. The first kappa shape index (κ1) is 12.4. The second-order valence-corrected chi connectivity index (χ2v) is 5.60. The highest BCUT2D eigenvalue weighted by molar-refractivity contribution is 4.90. The minimum Gasteiger partial charge on any atom is -0.375 e. The lowest BCUT2D eigenvalue weighted by molar-refractivity contribution is -0.115. The van der Waals surface area contributed by atoms with Gasteiger partial charge in [0.1, 0.15) is 0 Å². The van der Waals surface area contributed by atoms with Crippen molar-refractivity contribution in [2.45, 2.75) is 63.9 Å². The number of ether oxygens (including phenoxy) is 1. The molecule has 0 aromatic rings. The van der Waals surface area contributed by atoms with E-state index in [0.29, 0.717) is 0 Å². The molecule has 2 nitrogen and oxygen atoms in total. The number of nitrogens with one attached hydrogen (secondary N) is 1. The van der Waals surface area contributed by atoms with Gasteiger partial charge in [0.05, 0.1) is 12.2 Å². The highest BCUT2D eigenvalue weighted by Gasteiger charge is 2.38. The summed E-state index contributed by atoms with van der Waals surface area (Å²) in [4.78, 5) is 0. The van der Waals surface area contributed by atoms with E-state index in [0.717, 1.165) is 25.6 Å². The SMILES string of the molecule is CCNCCC1(OCC2CCCC2)CCC1. The van der Waals surface area contributed by atoms with E-state index < -0.39 is 0 Å². The van der Waals surface area contributed by atoms with Gasteiger partial charge in [-0.3, -0.25) is 0 Å². The highest BCUT2D eigenvalue weighted by atomic mass is 16.5. The molecule has 0 aromatic heterocycles. The molecule has 2 saturated carbocycles. The van der Waals surface area contributed by atoms with Gasteiger partial charge in [0, 0.05) is 0 Å². The zero-order valence-electron chi connectivity index (χ0n) is 10.8. The molecular weight excluding hydrogens is 198 g/mol. The minimum absolute atomic E-state index is 0.269.